The average Bonchev–Trinajstić information content (AvgIpc) is 2.43. The Morgan fingerprint density at radius 3 is 2.70 bits per heavy atom. The smallest absolute Gasteiger partial charge is 0.411 e. The second-order valence-electron chi connectivity index (χ2n) is 4.25. The molecule has 104 valence electrons. The van der Waals surface area contributed by atoms with Crippen molar-refractivity contribution in [1.29, 1.82) is 0 Å². The van der Waals surface area contributed by atoms with Crippen LogP contribution in [0.1, 0.15) is 11.1 Å². The molecule has 0 fully saturated rings. The van der Waals surface area contributed by atoms with Crippen molar-refractivity contribution in [2.24, 2.45) is 0 Å². The Hall–Kier alpha value is -1.08. The first-order valence-electron chi connectivity index (χ1n) is 5.99. The second kappa shape index (κ2) is 7.08. The summed E-state index contributed by atoms with van der Waals surface area (Å²) < 4.78 is 7.20. The minimum absolute atomic E-state index is 0.261. The number of anilines is 1. The molecule has 5 heteroatoms. The highest BCUT2D eigenvalue weighted by atomic mass is 127. The molecule has 0 heterocycles. The van der Waals surface area contributed by atoms with E-state index < -0.39 is 6.09 Å². The van der Waals surface area contributed by atoms with E-state index in [2.05, 4.69) is 43.8 Å². The molecule has 2 aromatic rings. The van der Waals surface area contributed by atoms with Gasteiger partial charge in [-0.3, -0.25) is 5.32 Å². The van der Waals surface area contributed by atoms with Crippen molar-refractivity contribution in [2.75, 3.05) is 5.32 Å². The van der Waals surface area contributed by atoms with Crippen molar-refractivity contribution in [3.63, 3.8) is 0 Å². The summed E-state index contributed by atoms with van der Waals surface area (Å²) in [6, 6.07) is 13.4. The lowest BCUT2D eigenvalue weighted by Crippen LogP contribution is -2.14. The topological polar surface area (TPSA) is 38.3 Å². The Labute approximate surface area is 140 Å². The van der Waals surface area contributed by atoms with Crippen molar-refractivity contribution in [2.45, 2.75) is 13.5 Å². The van der Waals surface area contributed by atoms with Crippen LogP contribution in [0, 0.1) is 10.5 Å². The monoisotopic (exact) mass is 445 g/mol. The van der Waals surface area contributed by atoms with Gasteiger partial charge in [0.2, 0.25) is 0 Å². The number of hydrogen-bond donors (Lipinski definition) is 1. The molecular formula is C15H13BrINO2. The summed E-state index contributed by atoms with van der Waals surface area (Å²) in [6.07, 6.45) is -0.453. The number of benzene rings is 2. The summed E-state index contributed by atoms with van der Waals surface area (Å²) in [5, 5.41) is 2.77. The summed E-state index contributed by atoms with van der Waals surface area (Å²) in [6.45, 7) is 2.22. The molecule has 0 aliphatic carbocycles. The Morgan fingerprint density at radius 1 is 1.30 bits per heavy atom. The van der Waals surface area contributed by atoms with E-state index in [1.54, 1.807) is 0 Å². The largest absolute Gasteiger partial charge is 0.444 e. The Morgan fingerprint density at radius 2 is 2.00 bits per heavy atom. The lowest BCUT2D eigenvalue weighted by Gasteiger charge is -2.11. The van der Waals surface area contributed by atoms with Gasteiger partial charge in [0.05, 0.1) is 0 Å². The number of carbonyl (C=O) groups excluding carboxylic acids is 1. The van der Waals surface area contributed by atoms with E-state index in [0.717, 1.165) is 24.9 Å². The maximum absolute atomic E-state index is 11.8. The van der Waals surface area contributed by atoms with Crippen molar-refractivity contribution in [3.05, 3.63) is 61.6 Å². The molecule has 0 bridgehead atoms. The molecule has 0 radical (unpaired) electrons. The van der Waals surface area contributed by atoms with E-state index in [1.807, 2.05) is 49.4 Å². The van der Waals surface area contributed by atoms with Crippen LogP contribution in [0.3, 0.4) is 0 Å². The maximum Gasteiger partial charge on any atom is 0.411 e. The van der Waals surface area contributed by atoms with E-state index >= 15 is 0 Å². The highest BCUT2D eigenvalue weighted by Crippen LogP contribution is 2.26. The lowest BCUT2D eigenvalue weighted by molar-refractivity contribution is 0.155. The van der Waals surface area contributed by atoms with Crippen LogP contribution in [0.2, 0.25) is 0 Å². The van der Waals surface area contributed by atoms with Gasteiger partial charge in [0.1, 0.15) is 6.61 Å². The third-order valence-electron chi connectivity index (χ3n) is 2.76. The van der Waals surface area contributed by atoms with Gasteiger partial charge in [0.25, 0.3) is 0 Å². The van der Waals surface area contributed by atoms with E-state index in [-0.39, 0.29) is 6.61 Å². The Bertz CT molecular complexity index is 617. The molecule has 2 rings (SSSR count). The molecule has 1 N–H and O–H groups in total. The van der Waals surface area contributed by atoms with Gasteiger partial charge >= 0.3 is 6.09 Å². The van der Waals surface area contributed by atoms with Crippen molar-refractivity contribution < 1.29 is 9.53 Å². The van der Waals surface area contributed by atoms with Gasteiger partial charge in [0, 0.05) is 13.7 Å². The van der Waals surface area contributed by atoms with Crippen molar-refractivity contribution >= 4 is 50.3 Å². The Balaban J connectivity index is 1.98. The number of hydrogen-bond acceptors (Lipinski definition) is 2. The number of nitrogens with one attached hydrogen (secondary N) is 1. The fourth-order valence-corrected chi connectivity index (χ4v) is 3.16. The molecule has 0 aliphatic heterocycles. The lowest BCUT2D eigenvalue weighted by atomic mass is 10.2. The van der Waals surface area contributed by atoms with Gasteiger partial charge in [-0.1, -0.05) is 46.3 Å². The number of rotatable bonds is 3. The fourth-order valence-electron chi connectivity index (χ4n) is 1.64. The molecule has 2 aromatic carbocycles. The zero-order chi connectivity index (χ0) is 14.5. The predicted molar refractivity (Wildman–Crippen MR) is 91.8 cm³/mol. The molecule has 0 unspecified atom stereocenters. The van der Waals surface area contributed by atoms with E-state index in [9.17, 15) is 4.79 Å². The summed E-state index contributed by atoms with van der Waals surface area (Å²) in [5.41, 5.74) is 2.73. The first-order valence-corrected chi connectivity index (χ1v) is 7.87. The van der Waals surface area contributed by atoms with Gasteiger partial charge in [-0.2, -0.15) is 0 Å². The summed E-state index contributed by atoms with van der Waals surface area (Å²) in [4.78, 5) is 11.8. The molecule has 1 amide bonds. The van der Waals surface area contributed by atoms with Gasteiger partial charge in [-0.15, -0.1) is 0 Å². The predicted octanol–water partition coefficient (Wildman–Crippen LogP) is 5.11. The maximum atomic E-state index is 11.8. The molecule has 0 saturated carbocycles. The standard InChI is InChI=1S/C15H13BrINO2/c1-10-13(17)7-12(16)8-14(10)18-15(19)20-9-11-5-3-2-4-6-11/h2-8H,9H2,1H3,(H,18,19). The molecule has 3 nitrogen and oxygen atoms in total. The number of carbonyl (C=O) groups is 1. The van der Waals surface area contributed by atoms with Gasteiger partial charge in [0.15, 0.2) is 0 Å². The van der Waals surface area contributed by atoms with Crippen LogP contribution in [0.15, 0.2) is 46.9 Å². The molecular weight excluding hydrogens is 433 g/mol. The SMILES string of the molecule is Cc1c(I)cc(Br)cc1NC(=O)OCc1ccccc1. The summed E-state index contributed by atoms with van der Waals surface area (Å²) >= 11 is 5.65. The molecule has 0 aromatic heterocycles. The quantitative estimate of drug-likeness (QED) is 0.666. The minimum atomic E-state index is -0.453. The molecule has 0 saturated heterocycles. The van der Waals surface area contributed by atoms with Crippen molar-refractivity contribution in [3.8, 4) is 0 Å². The second-order valence-corrected chi connectivity index (χ2v) is 6.32. The van der Waals surface area contributed by atoms with Crippen LogP contribution >= 0.6 is 38.5 Å². The van der Waals surface area contributed by atoms with Crippen LogP contribution in [-0.2, 0) is 11.3 Å². The number of halogens is 2. The first kappa shape index (κ1) is 15.3. The highest BCUT2D eigenvalue weighted by molar-refractivity contribution is 14.1. The molecule has 0 spiro atoms. The minimum Gasteiger partial charge on any atom is -0.444 e. The van der Waals surface area contributed by atoms with Gasteiger partial charge < -0.3 is 4.74 Å². The number of ether oxygens (including phenoxy) is 1. The Kier molecular flexibility index (Phi) is 5.42. The van der Waals surface area contributed by atoms with E-state index in [4.69, 9.17) is 4.74 Å². The van der Waals surface area contributed by atoms with Gasteiger partial charge in [-0.25, -0.2) is 4.79 Å². The zero-order valence-corrected chi connectivity index (χ0v) is 14.6. The number of amides is 1. The van der Waals surface area contributed by atoms with Crippen LogP contribution in [-0.4, -0.2) is 6.09 Å². The fraction of sp³-hybridized carbons (Fsp3) is 0.133. The van der Waals surface area contributed by atoms with Crippen LogP contribution in [0.4, 0.5) is 10.5 Å². The van der Waals surface area contributed by atoms with Gasteiger partial charge in [-0.05, 0) is 52.8 Å². The third kappa shape index (κ3) is 4.21. The van der Waals surface area contributed by atoms with Crippen LogP contribution in [0.5, 0.6) is 0 Å². The summed E-state index contributed by atoms with van der Waals surface area (Å²) in [5.74, 6) is 0. The highest BCUT2D eigenvalue weighted by Gasteiger charge is 2.09. The van der Waals surface area contributed by atoms with E-state index in [0.29, 0.717) is 0 Å². The molecule has 0 atom stereocenters. The van der Waals surface area contributed by atoms with E-state index in [1.165, 1.54) is 0 Å². The normalized spacial score (nSPS) is 10.2. The first-order chi connectivity index (χ1) is 9.56. The van der Waals surface area contributed by atoms with Crippen molar-refractivity contribution in [1.82, 2.24) is 0 Å². The third-order valence-corrected chi connectivity index (χ3v) is 4.34. The molecule has 0 aliphatic rings. The van der Waals surface area contributed by atoms with Crippen LogP contribution < -0.4 is 5.32 Å². The van der Waals surface area contributed by atoms with Crippen LogP contribution in [0.25, 0.3) is 0 Å². The average molecular weight is 446 g/mol. The summed E-state index contributed by atoms with van der Waals surface area (Å²) in [7, 11) is 0. The molecule has 20 heavy (non-hydrogen) atoms. The zero-order valence-electron chi connectivity index (χ0n) is 10.8.